The van der Waals surface area contributed by atoms with Crippen molar-refractivity contribution in [1.29, 1.82) is 0 Å². The summed E-state index contributed by atoms with van der Waals surface area (Å²) in [5.74, 6) is -0.303. The van der Waals surface area contributed by atoms with Crippen LogP contribution in [-0.2, 0) is 9.47 Å². The molecule has 0 aromatic heterocycles. The second kappa shape index (κ2) is 8.89. The predicted octanol–water partition coefficient (Wildman–Crippen LogP) is -1.75. The summed E-state index contributed by atoms with van der Waals surface area (Å²) in [5.41, 5.74) is 0. The standard InChI is InChI=1S/C13H26O7/c1-2-9-10(6-15)20-11(13(18)12(9)17)7-19-4-3-8(16)5-14/h8-18H,2-7H2,1H3/t8?,9-,10?,11+,12?,13?/m1/s1. The quantitative estimate of drug-likeness (QED) is 0.337. The van der Waals surface area contributed by atoms with Crippen LogP contribution < -0.4 is 0 Å². The van der Waals surface area contributed by atoms with Crippen LogP contribution in [0.25, 0.3) is 0 Å². The second-order valence-corrected chi connectivity index (χ2v) is 5.15. The van der Waals surface area contributed by atoms with Gasteiger partial charge in [-0.05, 0) is 12.8 Å². The zero-order chi connectivity index (χ0) is 15.1. The maximum Gasteiger partial charge on any atom is 0.110 e. The Kier molecular flexibility index (Phi) is 7.90. The molecule has 0 aromatic rings. The van der Waals surface area contributed by atoms with E-state index in [0.717, 1.165) is 0 Å². The Balaban J connectivity index is 2.41. The SMILES string of the molecule is CC[C@@H]1C(CO)O[C@@H](COCCC(O)CO)C(O)C1O. The lowest BCUT2D eigenvalue weighted by molar-refractivity contribution is -0.221. The van der Waals surface area contributed by atoms with Crippen LogP contribution in [0.1, 0.15) is 19.8 Å². The molecule has 1 aliphatic heterocycles. The first kappa shape index (κ1) is 17.8. The number of rotatable bonds is 8. The van der Waals surface area contributed by atoms with E-state index in [0.29, 0.717) is 6.42 Å². The Morgan fingerprint density at radius 2 is 1.85 bits per heavy atom. The number of aliphatic hydroxyl groups is 5. The fourth-order valence-corrected chi connectivity index (χ4v) is 2.43. The van der Waals surface area contributed by atoms with Crippen molar-refractivity contribution in [1.82, 2.24) is 0 Å². The van der Waals surface area contributed by atoms with E-state index in [-0.39, 0.29) is 38.8 Å². The Hall–Kier alpha value is -0.280. The van der Waals surface area contributed by atoms with Crippen LogP contribution in [0.15, 0.2) is 0 Å². The van der Waals surface area contributed by atoms with Gasteiger partial charge >= 0.3 is 0 Å². The summed E-state index contributed by atoms with van der Waals surface area (Å²) in [6, 6.07) is 0. The number of ether oxygens (including phenoxy) is 2. The topological polar surface area (TPSA) is 120 Å². The van der Waals surface area contributed by atoms with Crippen molar-refractivity contribution >= 4 is 0 Å². The predicted molar refractivity (Wildman–Crippen MR) is 70.1 cm³/mol. The van der Waals surface area contributed by atoms with Crippen LogP contribution in [0.3, 0.4) is 0 Å². The summed E-state index contributed by atoms with van der Waals surface area (Å²) in [6.45, 7) is 1.59. The van der Waals surface area contributed by atoms with Crippen molar-refractivity contribution in [3.05, 3.63) is 0 Å². The minimum Gasteiger partial charge on any atom is -0.394 e. The highest BCUT2D eigenvalue weighted by Crippen LogP contribution is 2.28. The second-order valence-electron chi connectivity index (χ2n) is 5.15. The summed E-state index contributed by atoms with van der Waals surface area (Å²) >= 11 is 0. The Morgan fingerprint density at radius 3 is 2.40 bits per heavy atom. The van der Waals surface area contributed by atoms with Crippen LogP contribution in [0, 0.1) is 5.92 Å². The average molecular weight is 294 g/mol. The van der Waals surface area contributed by atoms with E-state index in [1.165, 1.54) is 0 Å². The van der Waals surface area contributed by atoms with Crippen LogP contribution in [0.2, 0.25) is 0 Å². The van der Waals surface area contributed by atoms with Gasteiger partial charge in [0.1, 0.15) is 12.2 Å². The Bertz CT molecular complexity index is 261. The molecule has 0 aromatic carbocycles. The number of aliphatic hydroxyl groups excluding tert-OH is 5. The van der Waals surface area contributed by atoms with Crippen molar-refractivity contribution in [3.63, 3.8) is 0 Å². The van der Waals surface area contributed by atoms with Crippen molar-refractivity contribution in [2.24, 2.45) is 5.92 Å². The zero-order valence-corrected chi connectivity index (χ0v) is 11.8. The van der Waals surface area contributed by atoms with Gasteiger partial charge in [0.2, 0.25) is 0 Å². The van der Waals surface area contributed by atoms with Crippen LogP contribution in [0.5, 0.6) is 0 Å². The molecule has 5 N–H and O–H groups in total. The molecule has 0 spiro atoms. The van der Waals surface area contributed by atoms with Gasteiger partial charge in [-0.2, -0.15) is 0 Å². The molecule has 1 rings (SSSR count). The molecule has 0 radical (unpaired) electrons. The summed E-state index contributed by atoms with van der Waals surface area (Å²) < 4.78 is 10.8. The molecule has 1 heterocycles. The zero-order valence-electron chi connectivity index (χ0n) is 11.8. The van der Waals surface area contributed by atoms with Gasteiger partial charge < -0.3 is 35.0 Å². The first-order valence-corrected chi connectivity index (χ1v) is 7.04. The normalized spacial score (nSPS) is 36.0. The average Bonchev–Trinajstić information content (AvgIpc) is 2.46. The molecule has 1 saturated heterocycles. The van der Waals surface area contributed by atoms with Gasteiger partial charge in [-0.15, -0.1) is 0 Å². The van der Waals surface area contributed by atoms with Crippen molar-refractivity contribution < 1.29 is 35.0 Å². The molecule has 0 amide bonds. The van der Waals surface area contributed by atoms with Gasteiger partial charge in [-0.1, -0.05) is 6.92 Å². The lowest BCUT2D eigenvalue weighted by Crippen LogP contribution is -2.56. The molecule has 0 aliphatic carbocycles. The van der Waals surface area contributed by atoms with E-state index in [4.69, 9.17) is 19.7 Å². The fourth-order valence-electron chi connectivity index (χ4n) is 2.43. The molecule has 1 fully saturated rings. The van der Waals surface area contributed by atoms with Crippen LogP contribution >= 0.6 is 0 Å². The van der Waals surface area contributed by atoms with Gasteiger partial charge in [-0.3, -0.25) is 0 Å². The van der Waals surface area contributed by atoms with Gasteiger partial charge in [0.25, 0.3) is 0 Å². The van der Waals surface area contributed by atoms with Crippen LogP contribution in [0.4, 0.5) is 0 Å². The molecule has 1 aliphatic rings. The first-order valence-electron chi connectivity index (χ1n) is 7.04. The fraction of sp³-hybridized carbons (Fsp3) is 1.00. The minimum atomic E-state index is -1.06. The summed E-state index contributed by atoms with van der Waals surface area (Å²) in [5, 5.41) is 47.1. The molecule has 0 bridgehead atoms. The van der Waals surface area contributed by atoms with Gasteiger partial charge in [0, 0.05) is 12.5 Å². The van der Waals surface area contributed by atoms with E-state index in [1.54, 1.807) is 0 Å². The smallest absolute Gasteiger partial charge is 0.110 e. The summed E-state index contributed by atoms with van der Waals surface area (Å²) in [6.07, 6.45) is -3.20. The summed E-state index contributed by atoms with van der Waals surface area (Å²) in [7, 11) is 0. The molecule has 20 heavy (non-hydrogen) atoms. The molecular formula is C13H26O7. The highest BCUT2D eigenvalue weighted by molar-refractivity contribution is 4.91. The molecule has 7 heteroatoms. The lowest BCUT2D eigenvalue weighted by atomic mass is 9.85. The van der Waals surface area contributed by atoms with Crippen LogP contribution in [-0.4, -0.2) is 82.5 Å². The molecular weight excluding hydrogens is 268 g/mol. The van der Waals surface area contributed by atoms with E-state index < -0.39 is 30.5 Å². The molecule has 120 valence electrons. The van der Waals surface area contributed by atoms with Gasteiger partial charge in [0.05, 0.1) is 38.1 Å². The number of hydrogen-bond donors (Lipinski definition) is 5. The maximum atomic E-state index is 10.0. The van der Waals surface area contributed by atoms with E-state index >= 15 is 0 Å². The molecule has 6 atom stereocenters. The minimum absolute atomic E-state index is 0.0588. The van der Waals surface area contributed by atoms with Gasteiger partial charge in [0.15, 0.2) is 0 Å². The number of hydrogen-bond acceptors (Lipinski definition) is 7. The van der Waals surface area contributed by atoms with E-state index in [1.807, 2.05) is 6.92 Å². The maximum absolute atomic E-state index is 10.0. The molecule has 4 unspecified atom stereocenters. The van der Waals surface area contributed by atoms with Crippen molar-refractivity contribution in [3.8, 4) is 0 Å². The molecule has 7 nitrogen and oxygen atoms in total. The highest BCUT2D eigenvalue weighted by Gasteiger charge is 2.43. The third-order valence-electron chi connectivity index (χ3n) is 3.74. The Morgan fingerprint density at radius 1 is 1.15 bits per heavy atom. The highest BCUT2D eigenvalue weighted by atomic mass is 16.6. The monoisotopic (exact) mass is 294 g/mol. The molecule has 0 saturated carbocycles. The lowest BCUT2D eigenvalue weighted by Gasteiger charge is -2.42. The third-order valence-corrected chi connectivity index (χ3v) is 3.74. The third kappa shape index (κ3) is 4.63. The summed E-state index contributed by atoms with van der Waals surface area (Å²) in [4.78, 5) is 0. The van der Waals surface area contributed by atoms with Crippen molar-refractivity contribution in [2.45, 2.75) is 50.3 Å². The van der Waals surface area contributed by atoms with Crippen molar-refractivity contribution in [2.75, 3.05) is 26.4 Å². The van der Waals surface area contributed by atoms with Gasteiger partial charge in [-0.25, -0.2) is 0 Å². The van der Waals surface area contributed by atoms with E-state index in [2.05, 4.69) is 0 Å². The first-order chi connectivity index (χ1) is 9.54. The van der Waals surface area contributed by atoms with E-state index in [9.17, 15) is 15.3 Å². The Labute approximate surface area is 118 Å². The largest absolute Gasteiger partial charge is 0.394 e.